The van der Waals surface area contributed by atoms with Gasteiger partial charge in [-0.2, -0.15) is 0 Å². The normalized spacial score (nSPS) is 29.2. The number of nitrogens with one attached hydrogen (secondary N) is 1. The summed E-state index contributed by atoms with van der Waals surface area (Å²) >= 11 is 1.85. The summed E-state index contributed by atoms with van der Waals surface area (Å²) in [6, 6.07) is 6.13. The minimum absolute atomic E-state index is 0.112. The van der Waals surface area contributed by atoms with E-state index in [1.807, 2.05) is 17.8 Å². The highest BCUT2D eigenvalue weighted by Crippen LogP contribution is 2.41. The Hall–Kier alpha value is -0.540. The van der Waals surface area contributed by atoms with Crippen LogP contribution in [0.3, 0.4) is 0 Å². The summed E-state index contributed by atoms with van der Waals surface area (Å²) in [5.74, 6) is 1.02. The zero-order valence-electron chi connectivity index (χ0n) is 11.7. The molecular weight excluding hydrogens is 257 g/mol. The molecule has 19 heavy (non-hydrogen) atoms. The van der Waals surface area contributed by atoms with Crippen LogP contribution in [0.4, 0.5) is 4.39 Å². The van der Waals surface area contributed by atoms with Crippen LogP contribution < -0.4 is 5.32 Å². The minimum Gasteiger partial charge on any atom is -0.307 e. The van der Waals surface area contributed by atoms with Crippen molar-refractivity contribution in [3.05, 3.63) is 29.6 Å². The van der Waals surface area contributed by atoms with Crippen molar-refractivity contribution in [2.75, 3.05) is 5.75 Å². The highest BCUT2D eigenvalue weighted by Gasteiger charge is 2.36. The van der Waals surface area contributed by atoms with Gasteiger partial charge in [-0.3, -0.25) is 0 Å². The number of benzene rings is 1. The van der Waals surface area contributed by atoms with E-state index in [4.69, 9.17) is 0 Å². The van der Waals surface area contributed by atoms with Gasteiger partial charge in [0, 0.05) is 17.0 Å². The molecule has 1 saturated carbocycles. The zero-order valence-corrected chi connectivity index (χ0v) is 12.5. The van der Waals surface area contributed by atoms with E-state index in [-0.39, 0.29) is 5.82 Å². The highest BCUT2D eigenvalue weighted by molar-refractivity contribution is 7.99. The topological polar surface area (TPSA) is 12.0 Å². The van der Waals surface area contributed by atoms with E-state index < -0.39 is 0 Å². The number of thioether (sulfide) groups is 1. The molecule has 0 saturated heterocycles. The van der Waals surface area contributed by atoms with Crippen LogP contribution in [0.25, 0.3) is 0 Å². The number of fused-ring (bicyclic) bond motifs is 1. The lowest BCUT2D eigenvalue weighted by molar-refractivity contribution is 0.258. The summed E-state index contributed by atoms with van der Waals surface area (Å²) in [4.78, 5) is 1.25. The molecule has 0 amide bonds. The largest absolute Gasteiger partial charge is 0.307 e. The summed E-state index contributed by atoms with van der Waals surface area (Å²) in [7, 11) is 0. The maximum Gasteiger partial charge on any atom is 0.123 e. The van der Waals surface area contributed by atoms with Gasteiger partial charge in [-0.05, 0) is 54.2 Å². The van der Waals surface area contributed by atoms with Gasteiger partial charge in [0.15, 0.2) is 0 Å². The standard InChI is InChI=1S/C16H22FNS/c1-16(2)8-3-4-15(16)18-13-7-9-19-14-6-5-11(17)10-12(13)14/h5-6,10,13,15,18H,3-4,7-9H2,1-2H3. The van der Waals surface area contributed by atoms with Crippen molar-refractivity contribution in [2.24, 2.45) is 5.41 Å². The van der Waals surface area contributed by atoms with Crippen molar-refractivity contribution < 1.29 is 4.39 Å². The molecule has 3 heteroatoms. The Morgan fingerprint density at radius 3 is 2.89 bits per heavy atom. The Balaban J connectivity index is 1.82. The Morgan fingerprint density at radius 1 is 1.32 bits per heavy atom. The zero-order chi connectivity index (χ0) is 13.5. The van der Waals surface area contributed by atoms with E-state index >= 15 is 0 Å². The quantitative estimate of drug-likeness (QED) is 0.853. The lowest BCUT2D eigenvalue weighted by Gasteiger charge is -2.34. The molecule has 0 bridgehead atoms. The average molecular weight is 279 g/mol. The molecule has 3 rings (SSSR count). The molecule has 1 aliphatic heterocycles. The molecular formula is C16H22FNS. The van der Waals surface area contributed by atoms with Gasteiger partial charge >= 0.3 is 0 Å². The molecule has 1 aromatic rings. The molecule has 2 aliphatic rings. The number of hydrogen-bond acceptors (Lipinski definition) is 2. The lowest BCUT2D eigenvalue weighted by Crippen LogP contribution is -2.41. The van der Waals surface area contributed by atoms with Gasteiger partial charge in [-0.25, -0.2) is 4.39 Å². The van der Waals surface area contributed by atoms with Crippen LogP contribution in [0, 0.1) is 11.2 Å². The number of hydrogen-bond donors (Lipinski definition) is 1. The van der Waals surface area contributed by atoms with Crippen LogP contribution in [-0.2, 0) is 0 Å². The van der Waals surface area contributed by atoms with E-state index in [9.17, 15) is 4.39 Å². The van der Waals surface area contributed by atoms with Crippen molar-refractivity contribution in [3.63, 3.8) is 0 Å². The molecule has 104 valence electrons. The smallest absolute Gasteiger partial charge is 0.123 e. The molecule has 1 aromatic carbocycles. The first kappa shape index (κ1) is 13.4. The van der Waals surface area contributed by atoms with E-state index in [0.29, 0.717) is 17.5 Å². The summed E-state index contributed by atoms with van der Waals surface area (Å²) in [6.07, 6.45) is 4.96. The molecule has 0 aromatic heterocycles. The second-order valence-electron chi connectivity index (χ2n) is 6.47. The Kier molecular flexibility index (Phi) is 3.61. The molecule has 1 fully saturated rings. The van der Waals surface area contributed by atoms with Gasteiger partial charge in [0.25, 0.3) is 0 Å². The fraction of sp³-hybridized carbons (Fsp3) is 0.625. The van der Waals surface area contributed by atoms with Crippen molar-refractivity contribution in [3.8, 4) is 0 Å². The fourth-order valence-electron chi connectivity index (χ4n) is 3.42. The van der Waals surface area contributed by atoms with E-state index in [1.165, 1.54) is 29.7 Å². The Morgan fingerprint density at radius 2 is 2.16 bits per heavy atom. The van der Waals surface area contributed by atoms with Gasteiger partial charge in [-0.1, -0.05) is 20.3 Å². The molecule has 1 nitrogen and oxygen atoms in total. The monoisotopic (exact) mass is 279 g/mol. The predicted octanol–water partition coefficient (Wildman–Crippen LogP) is 4.53. The second-order valence-corrected chi connectivity index (χ2v) is 7.61. The van der Waals surface area contributed by atoms with E-state index in [1.54, 1.807) is 12.1 Å². The molecule has 0 radical (unpaired) electrons. The van der Waals surface area contributed by atoms with Gasteiger partial charge in [0.2, 0.25) is 0 Å². The first-order valence-electron chi connectivity index (χ1n) is 7.24. The first-order chi connectivity index (χ1) is 9.06. The molecule has 1 N–H and O–H groups in total. The number of halogens is 1. The van der Waals surface area contributed by atoms with Gasteiger partial charge in [0.05, 0.1) is 0 Å². The van der Waals surface area contributed by atoms with Crippen LogP contribution in [0.5, 0.6) is 0 Å². The molecule has 0 spiro atoms. The maximum absolute atomic E-state index is 13.5. The third kappa shape index (κ3) is 2.68. The van der Waals surface area contributed by atoms with E-state index in [2.05, 4.69) is 19.2 Å². The van der Waals surface area contributed by atoms with Crippen molar-refractivity contribution in [1.82, 2.24) is 5.32 Å². The third-order valence-electron chi connectivity index (χ3n) is 4.67. The van der Waals surface area contributed by atoms with Crippen molar-refractivity contribution >= 4 is 11.8 Å². The van der Waals surface area contributed by atoms with Gasteiger partial charge < -0.3 is 5.32 Å². The lowest BCUT2D eigenvalue weighted by atomic mass is 9.86. The van der Waals surface area contributed by atoms with Crippen molar-refractivity contribution in [1.29, 1.82) is 0 Å². The first-order valence-corrected chi connectivity index (χ1v) is 8.23. The molecule has 1 aliphatic carbocycles. The highest BCUT2D eigenvalue weighted by atomic mass is 32.2. The maximum atomic E-state index is 13.5. The SMILES string of the molecule is CC1(C)CCCC1NC1CCSc2ccc(F)cc21. The van der Waals surface area contributed by atoms with Crippen LogP contribution in [0.2, 0.25) is 0 Å². The van der Waals surface area contributed by atoms with Crippen molar-refractivity contribution in [2.45, 2.75) is 56.5 Å². The minimum atomic E-state index is -0.112. The fourth-order valence-corrected chi connectivity index (χ4v) is 4.52. The Labute approximate surface area is 119 Å². The summed E-state index contributed by atoms with van der Waals surface area (Å²) in [5, 5.41) is 3.81. The summed E-state index contributed by atoms with van der Waals surface area (Å²) < 4.78 is 13.5. The summed E-state index contributed by atoms with van der Waals surface area (Å²) in [6.45, 7) is 4.70. The van der Waals surface area contributed by atoms with Gasteiger partial charge in [0.1, 0.15) is 5.82 Å². The van der Waals surface area contributed by atoms with Gasteiger partial charge in [-0.15, -0.1) is 11.8 Å². The molecule has 2 unspecified atom stereocenters. The van der Waals surface area contributed by atoms with E-state index in [0.717, 1.165) is 12.2 Å². The average Bonchev–Trinajstić information content (AvgIpc) is 2.69. The molecule has 2 atom stereocenters. The van der Waals surface area contributed by atoms with Crippen LogP contribution in [-0.4, -0.2) is 11.8 Å². The third-order valence-corrected chi connectivity index (χ3v) is 5.79. The molecule has 1 heterocycles. The predicted molar refractivity (Wildman–Crippen MR) is 79.0 cm³/mol. The van der Waals surface area contributed by atoms with Crippen LogP contribution in [0.1, 0.15) is 51.1 Å². The summed E-state index contributed by atoms with van der Waals surface area (Å²) in [5.41, 5.74) is 1.54. The Bertz CT molecular complexity index is 472. The van der Waals surface area contributed by atoms with Crippen LogP contribution in [0.15, 0.2) is 23.1 Å². The second kappa shape index (κ2) is 5.10. The number of rotatable bonds is 2. The van der Waals surface area contributed by atoms with Crippen LogP contribution >= 0.6 is 11.8 Å².